The molecule has 1 atom stereocenters. The molecule has 4 nitrogen and oxygen atoms in total. The van der Waals surface area contributed by atoms with Gasteiger partial charge in [0.15, 0.2) is 11.6 Å². The van der Waals surface area contributed by atoms with E-state index < -0.39 is 11.6 Å². The minimum Gasteiger partial charge on any atom is -0.356 e. The third kappa shape index (κ3) is 4.81. The lowest BCUT2D eigenvalue weighted by molar-refractivity contribution is -0.122. The van der Waals surface area contributed by atoms with E-state index in [4.69, 9.17) is 0 Å². The smallest absolute Gasteiger partial charge is 0.220 e. The normalized spacial score (nSPS) is 18.8. The maximum atomic E-state index is 13.0. The Morgan fingerprint density at radius 2 is 2.10 bits per heavy atom. The zero-order valence-corrected chi connectivity index (χ0v) is 11.6. The van der Waals surface area contributed by atoms with E-state index >= 15 is 0 Å². The number of aryl methyl sites for hydroxylation is 1. The van der Waals surface area contributed by atoms with E-state index in [0.717, 1.165) is 12.1 Å². The average molecular weight is 296 g/mol. The number of carbonyl (C=O) groups is 2. The van der Waals surface area contributed by atoms with Crippen molar-refractivity contribution in [2.45, 2.75) is 38.1 Å². The standard InChI is InChI=1S/C15H18F2N2O2/c16-12-4-1-10(9-13(12)17)2-5-15(21)19-11-3-6-14(20)18-8-7-11/h1,4,9,11H,2-3,5-8H2,(H,18,20)(H,19,21). The summed E-state index contributed by atoms with van der Waals surface area (Å²) in [5, 5.41) is 5.63. The van der Waals surface area contributed by atoms with Gasteiger partial charge in [-0.1, -0.05) is 6.07 Å². The largest absolute Gasteiger partial charge is 0.356 e. The molecule has 1 aliphatic heterocycles. The predicted octanol–water partition coefficient (Wildman–Crippen LogP) is 1.68. The second-order valence-electron chi connectivity index (χ2n) is 5.19. The third-order valence-electron chi connectivity index (χ3n) is 3.52. The summed E-state index contributed by atoms with van der Waals surface area (Å²) in [6.45, 7) is 0.562. The van der Waals surface area contributed by atoms with Crippen molar-refractivity contribution in [3.63, 3.8) is 0 Å². The topological polar surface area (TPSA) is 58.2 Å². The van der Waals surface area contributed by atoms with E-state index in [1.165, 1.54) is 6.07 Å². The molecule has 1 heterocycles. The monoisotopic (exact) mass is 296 g/mol. The minimum absolute atomic E-state index is 0.00790. The summed E-state index contributed by atoms with van der Waals surface area (Å²) in [5.74, 6) is -1.92. The van der Waals surface area contributed by atoms with Gasteiger partial charge >= 0.3 is 0 Å². The highest BCUT2D eigenvalue weighted by molar-refractivity contribution is 5.78. The zero-order chi connectivity index (χ0) is 15.2. The van der Waals surface area contributed by atoms with Gasteiger partial charge in [-0.25, -0.2) is 8.78 Å². The molecule has 2 rings (SSSR count). The first-order valence-electron chi connectivity index (χ1n) is 7.04. The molecular formula is C15H18F2N2O2. The molecule has 2 amide bonds. The van der Waals surface area contributed by atoms with Gasteiger partial charge < -0.3 is 10.6 Å². The Hall–Kier alpha value is -1.98. The molecule has 0 radical (unpaired) electrons. The van der Waals surface area contributed by atoms with Crippen molar-refractivity contribution in [1.82, 2.24) is 10.6 Å². The maximum absolute atomic E-state index is 13.0. The summed E-state index contributed by atoms with van der Waals surface area (Å²) in [6, 6.07) is 3.63. The number of carbonyl (C=O) groups excluding carboxylic acids is 2. The van der Waals surface area contributed by atoms with Crippen LogP contribution in [0.25, 0.3) is 0 Å². The van der Waals surface area contributed by atoms with Gasteiger partial charge in [0, 0.05) is 25.4 Å². The van der Waals surface area contributed by atoms with Crippen molar-refractivity contribution in [2.24, 2.45) is 0 Å². The molecule has 1 aliphatic rings. The Balaban J connectivity index is 1.79. The molecular weight excluding hydrogens is 278 g/mol. The maximum Gasteiger partial charge on any atom is 0.220 e. The highest BCUT2D eigenvalue weighted by atomic mass is 19.2. The summed E-state index contributed by atoms with van der Waals surface area (Å²) in [5.41, 5.74) is 0.585. The van der Waals surface area contributed by atoms with Crippen LogP contribution in [-0.2, 0) is 16.0 Å². The average Bonchev–Trinajstić information content (AvgIpc) is 2.65. The Bertz CT molecular complexity index is 534. The number of nitrogens with one attached hydrogen (secondary N) is 2. The Morgan fingerprint density at radius 1 is 1.29 bits per heavy atom. The fourth-order valence-corrected chi connectivity index (χ4v) is 2.32. The summed E-state index contributed by atoms with van der Waals surface area (Å²) in [7, 11) is 0. The molecule has 1 saturated heterocycles. The number of amides is 2. The lowest BCUT2D eigenvalue weighted by Gasteiger charge is -2.15. The fourth-order valence-electron chi connectivity index (χ4n) is 2.32. The van der Waals surface area contributed by atoms with Crippen LogP contribution in [0.2, 0.25) is 0 Å². The van der Waals surface area contributed by atoms with Gasteiger partial charge in [-0.2, -0.15) is 0 Å². The SMILES string of the molecule is O=C1CCC(NC(=O)CCc2ccc(F)c(F)c2)CCN1. The van der Waals surface area contributed by atoms with Gasteiger partial charge in [-0.3, -0.25) is 9.59 Å². The highest BCUT2D eigenvalue weighted by Crippen LogP contribution is 2.11. The summed E-state index contributed by atoms with van der Waals surface area (Å²) in [6.07, 6.45) is 2.31. The van der Waals surface area contributed by atoms with Gasteiger partial charge in [0.2, 0.25) is 11.8 Å². The molecule has 0 spiro atoms. The first-order valence-corrected chi connectivity index (χ1v) is 7.04. The van der Waals surface area contributed by atoms with Crippen LogP contribution >= 0.6 is 0 Å². The summed E-state index contributed by atoms with van der Waals surface area (Å²) >= 11 is 0. The highest BCUT2D eigenvalue weighted by Gasteiger charge is 2.17. The van der Waals surface area contributed by atoms with Crippen LogP contribution in [-0.4, -0.2) is 24.4 Å². The Morgan fingerprint density at radius 3 is 2.86 bits per heavy atom. The van der Waals surface area contributed by atoms with Gasteiger partial charge in [-0.15, -0.1) is 0 Å². The molecule has 114 valence electrons. The van der Waals surface area contributed by atoms with Crippen LogP contribution in [0.15, 0.2) is 18.2 Å². The molecule has 21 heavy (non-hydrogen) atoms. The molecule has 0 saturated carbocycles. The second kappa shape index (κ2) is 7.15. The van der Waals surface area contributed by atoms with Crippen molar-refractivity contribution < 1.29 is 18.4 Å². The van der Waals surface area contributed by atoms with Crippen LogP contribution < -0.4 is 10.6 Å². The fraction of sp³-hybridized carbons (Fsp3) is 0.467. The van der Waals surface area contributed by atoms with Crippen molar-refractivity contribution >= 4 is 11.8 Å². The van der Waals surface area contributed by atoms with Gasteiger partial charge in [0.25, 0.3) is 0 Å². The summed E-state index contributed by atoms with van der Waals surface area (Å²) in [4.78, 5) is 23.0. The first kappa shape index (κ1) is 15.4. The van der Waals surface area contributed by atoms with Crippen LogP contribution in [0, 0.1) is 11.6 Å². The third-order valence-corrected chi connectivity index (χ3v) is 3.52. The van der Waals surface area contributed by atoms with Crippen LogP contribution in [0.5, 0.6) is 0 Å². The summed E-state index contributed by atoms with van der Waals surface area (Å²) < 4.78 is 25.8. The molecule has 0 aliphatic carbocycles. The van der Waals surface area contributed by atoms with Crippen molar-refractivity contribution in [2.75, 3.05) is 6.54 Å². The Labute approximate surface area is 121 Å². The van der Waals surface area contributed by atoms with E-state index in [1.807, 2.05) is 0 Å². The number of halogens is 2. The molecule has 1 fully saturated rings. The zero-order valence-electron chi connectivity index (χ0n) is 11.6. The van der Waals surface area contributed by atoms with Gasteiger partial charge in [0.1, 0.15) is 0 Å². The van der Waals surface area contributed by atoms with E-state index in [0.29, 0.717) is 37.8 Å². The molecule has 2 N–H and O–H groups in total. The molecule has 1 unspecified atom stereocenters. The quantitative estimate of drug-likeness (QED) is 0.888. The molecule has 1 aromatic rings. The predicted molar refractivity (Wildman–Crippen MR) is 73.5 cm³/mol. The number of hydrogen-bond acceptors (Lipinski definition) is 2. The Kier molecular flexibility index (Phi) is 5.25. The number of rotatable bonds is 4. The van der Waals surface area contributed by atoms with Crippen LogP contribution in [0.3, 0.4) is 0 Å². The van der Waals surface area contributed by atoms with Crippen molar-refractivity contribution in [3.8, 4) is 0 Å². The van der Waals surface area contributed by atoms with Crippen LogP contribution in [0.1, 0.15) is 31.2 Å². The number of benzene rings is 1. The molecule has 0 aromatic heterocycles. The minimum atomic E-state index is -0.902. The molecule has 0 bridgehead atoms. The van der Waals surface area contributed by atoms with Crippen molar-refractivity contribution in [1.29, 1.82) is 0 Å². The van der Waals surface area contributed by atoms with E-state index in [1.54, 1.807) is 0 Å². The molecule has 6 heteroatoms. The molecule has 1 aromatic carbocycles. The van der Waals surface area contributed by atoms with Crippen LogP contribution in [0.4, 0.5) is 8.78 Å². The lowest BCUT2D eigenvalue weighted by Crippen LogP contribution is -2.35. The lowest BCUT2D eigenvalue weighted by atomic mass is 10.1. The van der Waals surface area contributed by atoms with E-state index in [-0.39, 0.29) is 24.3 Å². The number of hydrogen-bond donors (Lipinski definition) is 2. The second-order valence-corrected chi connectivity index (χ2v) is 5.19. The van der Waals surface area contributed by atoms with Crippen molar-refractivity contribution in [3.05, 3.63) is 35.4 Å². The van der Waals surface area contributed by atoms with E-state index in [2.05, 4.69) is 10.6 Å². The van der Waals surface area contributed by atoms with E-state index in [9.17, 15) is 18.4 Å². The first-order chi connectivity index (χ1) is 10.0. The van der Waals surface area contributed by atoms with Gasteiger partial charge in [0.05, 0.1) is 0 Å². The van der Waals surface area contributed by atoms with Gasteiger partial charge in [-0.05, 0) is 37.0 Å².